The monoisotopic (exact) mass is 393 g/mol. The molecule has 1 aromatic carbocycles. The van der Waals surface area contributed by atoms with Gasteiger partial charge in [-0.3, -0.25) is 20.4 Å². The number of para-hydroxylation sites is 1. The van der Waals surface area contributed by atoms with Gasteiger partial charge in [0.15, 0.2) is 0 Å². The summed E-state index contributed by atoms with van der Waals surface area (Å²) >= 11 is 0. The lowest BCUT2D eigenvalue weighted by Crippen LogP contribution is -2.50. The van der Waals surface area contributed by atoms with Crippen molar-refractivity contribution in [3.63, 3.8) is 0 Å². The normalized spacial score (nSPS) is 29.9. The Kier molecular flexibility index (Phi) is 4.84. The number of hydrogen-bond donors (Lipinski definition) is 3. The first kappa shape index (κ1) is 18.7. The molecule has 0 spiro atoms. The van der Waals surface area contributed by atoms with Gasteiger partial charge in [-0.25, -0.2) is 0 Å². The number of H-pyrrole nitrogens is 1. The van der Waals surface area contributed by atoms with Gasteiger partial charge in [0.05, 0.1) is 0 Å². The zero-order valence-corrected chi connectivity index (χ0v) is 17.0. The summed E-state index contributed by atoms with van der Waals surface area (Å²) in [6.07, 6.45) is 12.4. The molecule has 1 heterocycles. The van der Waals surface area contributed by atoms with Crippen LogP contribution in [0, 0.1) is 23.2 Å². The molecule has 4 fully saturated rings. The second-order valence-electron chi connectivity index (χ2n) is 9.90. The maximum absolute atomic E-state index is 12.5. The summed E-state index contributed by atoms with van der Waals surface area (Å²) < 4.78 is 0. The van der Waals surface area contributed by atoms with E-state index in [-0.39, 0.29) is 17.2 Å². The van der Waals surface area contributed by atoms with Crippen molar-refractivity contribution >= 4 is 22.7 Å². The number of benzene rings is 1. The van der Waals surface area contributed by atoms with Crippen molar-refractivity contribution in [1.82, 2.24) is 15.8 Å². The van der Waals surface area contributed by atoms with Crippen LogP contribution in [0.5, 0.6) is 0 Å². The van der Waals surface area contributed by atoms with E-state index in [4.69, 9.17) is 0 Å². The van der Waals surface area contributed by atoms with E-state index in [0.717, 1.165) is 36.1 Å². The smallest absolute Gasteiger partial charge is 0.238 e. The van der Waals surface area contributed by atoms with Crippen LogP contribution >= 0.6 is 0 Å². The first-order valence-electron chi connectivity index (χ1n) is 11.2. The second kappa shape index (κ2) is 7.51. The number of carbonyl (C=O) groups excluding carboxylic acids is 2. The molecule has 4 aliphatic carbocycles. The van der Waals surface area contributed by atoms with Gasteiger partial charge in [-0.05, 0) is 86.2 Å². The number of aryl methyl sites for hydroxylation is 1. The van der Waals surface area contributed by atoms with Gasteiger partial charge >= 0.3 is 0 Å². The highest BCUT2D eigenvalue weighted by atomic mass is 16.2. The van der Waals surface area contributed by atoms with Crippen molar-refractivity contribution in [3.8, 4) is 0 Å². The predicted molar refractivity (Wildman–Crippen MR) is 113 cm³/mol. The van der Waals surface area contributed by atoms with Gasteiger partial charge in [0, 0.05) is 29.9 Å². The van der Waals surface area contributed by atoms with Crippen LogP contribution in [0.1, 0.15) is 63.4 Å². The Labute approximate surface area is 172 Å². The number of hydrazine groups is 1. The Bertz CT molecular complexity index is 880. The minimum atomic E-state index is -0.108. The molecule has 0 atom stereocenters. The second-order valence-corrected chi connectivity index (χ2v) is 9.90. The van der Waals surface area contributed by atoms with E-state index >= 15 is 0 Å². The van der Waals surface area contributed by atoms with Crippen LogP contribution in [-0.4, -0.2) is 16.8 Å². The maximum Gasteiger partial charge on any atom is 0.238 e. The van der Waals surface area contributed by atoms with E-state index in [1.165, 1.54) is 49.5 Å². The van der Waals surface area contributed by atoms with Gasteiger partial charge in [0.2, 0.25) is 11.8 Å². The first-order valence-corrected chi connectivity index (χ1v) is 11.2. The Hall–Kier alpha value is -2.30. The third kappa shape index (κ3) is 3.92. The number of fused-ring (bicyclic) bond motifs is 1. The van der Waals surface area contributed by atoms with Gasteiger partial charge in [-0.15, -0.1) is 0 Å². The zero-order valence-electron chi connectivity index (χ0n) is 17.0. The summed E-state index contributed by atoms with van der Waals surface area (Å²) in [4.78, 5) is 27.9. The summed E-state index contributed by atoms with van der Waals surface area (Å²) in [5.41, 5.74) is 7.89. The summed E-state index contributed by atoms with van der Waals surface area (Å²) in [5.74, 6) is 2.40. The number of aromatic nitrogens is 1. The summed E-state index contributed by atoms with van der Waals surface area (Å²) in [6, 6.07) is 8.21. The van der Waals surface area contributed by atoms with Gasteiger partial charge in [-0.2, -0.15) is 0 Å². The minimum absolute atomic E-state index is 0.0167. The number of hydrogen-bond acceptors (Lipinski definition) is 2. The molecule has 29 heavy (non-hydrogen) atoms. The third-order valence-electron chi connectivity index (χ3n) is 7.57. The van der Waals surface area contributed by atoms with Crippen molar-refractivity contribution in [2.24, 2.45) is 23.2 Å². The van der Waals surface area contributed by atoms with Crippen molar-refractivity contribution < 1.29 is 9.59 Å². The van der Waals surface area contributed by atoms with Crippen LogP contribution in [0.4, 0.5) is 0 Å². The fourth-order valence-corrected chi connectivity index (χ4v) is 6.87. The molecule has 5 heteroatoms. The largest absolute Gasteiger partial charge is 0.361 e. The topological polar surface area (TPSA) is 74.0 Å². The van der Waals surface area contributed by atoms with Gasteiger partial charge < -0.3 is 4.98 Å². The molecule has 0 unspecified atom stereocenters. The lowest BCUT2D eigenvalue weighted by atomic mass is 9.49. The Morgan fingerprint density at radius 2 is 1.62 bits per heavy atom. The van der Waals surface area contributed by atoms with E-state index in [1.54, 1.807) is 0 Å². The van der Waals surface area contributed by atoms with Crippen LogP contribution in [0.15, 0.2) is 30.5 Å². The number of nitrogens with one attached hydrogen (secondary N) is 3. The lowest BCUT2D eigenvalue weighted by Gasteiger charge is -2.56. The number of aromatic amines is 1. The van der Waals surface area contributed by atoms with Crippen LogP contribution in [0.2, 0.25) is 0 Å². The molecule has 4 aliphatic rings. The van der Waals surface area contributed by atoms with Crippen LogP contribution in [-0.2, 0) is 16.0 Å². The Morgan fingerprint density at radius 3 is 2.34 bits per heavy atom. The molecular weight excluding hydrogens is 362 g/mol. The molecule has 0 radical (unpaired) electrons. The SMILES string of the molecule is O=C(CCCc1c[nH]c2ccccc12)NNC(=O)CC12CC3CC(CC(C3)C1)C2. The van der Waals surface area contributed by atoms with Crippen LogP contribution < -0.4 is 10.9 Å². The first-order chi connectivity index (χ1) is 14.1. The number of rotatable bonds is 6. The molecule has 0 saturated heterocycles. The van der Waals surface area contributed by atoms with E-state index < -0.39 is 0 Å². The fraction of sp³-hybridized carbons (Fsp3) is 0.583. The average Bonchev–Trinajstić information content (AvgIpc) is 3.08. The molecule has 5 nitrogen and oxygen atoms in total. The van der Waals surface area contributed by atoms with E-state index in [2.05, 4.69) is 28.0 Å². The predicted octanol–water partition coefficient (Wildman–Crippen LogP) is 4.24. The average molecular weight is 394 g/mol. The molecule has 2 amide bonds. The Morgan fingerprint density at radius 1 is 0.966 bits per heavy atom. The lowest BCUT2D eigenvalue weighted by molar-refractivity contribution is -0.134. The molecule has 4 saturated carbocycles. The van der Waals surface area contributed by atoms with E-state index in [1.807, 2.05) is 18.3 Å². The standard InChI is InChI=1S/C24H31N3O2/c28-22(7-3-4-19-15-25-21-6-2-1-5-20(19)21)26-27-23(29)14-24-11-16-8-17(12-24)10-18(9-16)13-24/h1-2,5-6,15-18,25H,3-4,7-14H2,(H,26,28)(H,27,29). The molecule has 4 bridgehead atoms. The highest BCUT2D eigenvalue weighted by Gasteiger charge is 2.51. The van der Waals surface area contributed by atoms with Gasteiger partial charge in [0.25, 0.3) is 0 Å². The maximum atomic E-state index is 12.5. The molecule has 6 rings (SSSR count). The molecule has 154 valence electrons. The van der Waals surface area contributed by atoms with Gasteiger partial charge in [0.1, 0.15) is 0 Å². The molecule has 0 aliphatic heterocycles. The molecule has 1 aromatic heterocycles. The van der Waals surface area contributed by atoms with E-state index in [0.29, 0.717) is 12.8 Å². The highest BCUT2D eigenvalue weighted by Crippen LogP contribution is 2.61. The summed E-state index contributed by atoms with van der Waals surface area (Å²) in [6.45, 7) is 0. The van der Waals surface area contributed by atoms with Crippen molar-refractivity contribution in [3.05, 3.63) is 36.0 Å². The summed E-state index contributed by atoms with van der Waals surface area (Å²) in [5, 5.41) is 1.22. The van der Waals surface area contributed by atoms with Gasteiger partial charge in [-0.1, -0.05) is 18.2 Å². The van der Waals surface area contributed by atoms with Crippen molar-refractivity contribution in [2.45, 2.75) is 64.2 Å². The number of amides is 2. The third-order valence-corrected chi connectivity index (χ3v) is 7.57. The molecular formula is C24H31N3O2. The zero-order chi connectivity index (χ0) is 19.8. The summed E-state index contributed by atoms with van der Waals surface area (Å²) in [7, 11) is 0. The molecule has 2 aromatic rings. The quantitative estimate of drug-likeness (QED) is 0.642. The van der Waals surface area contributed by atoms with Crippen molar-refractivity contribution in [2.75, 3.05) is 0 Å². The van der Waals surface area contributed by atoms with Crippen molar-refractivity contribution in [1.29, 1.82) is 0 Å². The fourth-order valence-electron chi connectivity index (χ4n) is 6.87. The number of carbonyl (C=O) groups is 2. The Balaban J connectivity index is 1.06. The van der Waals surface area contributed by atoms with Crippen LogP contribution in [0.3, 0.4) is 0 Å². The minimum Gasteiger partial charge on any atom is -0.361 e. The highest BCUT2D eigenvalue weighted by molar-refractivity contribution is 5.84. The van der Waals surface area contributed by atoms with Crippen LogP contribution in [0.25, 0.3) is 10.9 Å². The van der Waals surface area contributed by atoms with E-state index in [9.17, 15) is 9.59 Å². The molecule has 3 N–H and O–H groups in total.